The molecule has 0 saturated heterocycles. The maximum atomic E-state index is 12.6. The molecule has 0 heterocycles. The number of carbonyl (C=O) groups excluding carboxylic acids is 1. The first-order chi connectivity index (χ1) is 13.8. The molecule has 5 nitrogen and oxygen atoms in total. The van der Waals surface area contributed by atoms with Crippen molar-refractivity contribution in [2.75, 3.05) is 4.72 Å². The predicted octanol–water partition coefficient (Wildman–Crippen LogP) is 4.94. The summed E-state index contributed by atoms with van der Waals surface area (Å²) in [5, 5.41) is 3.05. The Kier molecular flexibility index (Phi) is 6.25. The first kappa shape index (κ1) is 20.9. The molecule has 0 spiro atoms. The molecule has 150 valence electrons. The quantitative estimate of drug-likeness (QED) is 0.583. The number of carbonyl (C=O) groups is 1. The first-order valence-corrected chi connectivity index (χ1v) is 10.9. The number of anilines is 1. The van der Waals surface area contributed by atoms with Gasteiger partial charge in [0.15, 0.2) is 0 Å². The monoisotopic (exact) mass is 428 g/mol. The van der Waals surface area contributed by atoms with Crippen LogP contribution in [0.4, 0.5) is 5.69 Å². The highest BCUT2D eigenvalue weighted by Crippen LogP contribution is 2.24. The zero-order valence-corrected chi connectivity index (χ0v) is 17.6. The van der Waals surface area contributed by atoms with Gasteiger partial charge in [-0.3, -0.25) is 9.52 Å². The fourth-order valence-corrected chi connectivity index (χ4v) is 4.11. The molecule has 0 aliphatic rings. The summed E-state index contributed by atoms with van der Waals surface area (Å²) in [5.41, 5.74) is 2.49. The third-order valence-corrected chi connectivity index (χ3v) is 6.15. The van der Waals surface area contributed by atoms with Gasteiger partial charge in [-0.15, -0.1) is 0 Å². The Bertz CT molecular complexity index is 1110. The Morgan fingerprint density at radius 3 is 2.24 bits per heavy atom. The Hall–Kier alpha value is -2.83. The van der Waals surface area contributed by atoms with Crippen molar-refractivity contribution in [1.82, 2.24) is 5.32 Å². The van der Waals surface area contributed by atoms with Gasteiger partial charge in [0, 0.05) is 0 Å². The summed E-state index contributed by atoms with van der Waals surface area (Å²) < 4.78 is 27.5. The van der Waals surface area contributed by atoms with E-state index < -0.39 is 10.0 Å². The fourth-order valence-electron chi connectivity index (χ4n) is 2.79. The van der Waals surface area contributed by atoms with Gasteiger partial charge in [-0.05, 0) is 49.7 Å². The van der Waals surface area contributed by atoms with Gasteiger partial charge in [-0.1, -0.05) is 59.6 Å². The highest BCUT2D eigenvalue weighted by Gasteiger charge is 2.17. The van der Waals surface area contributed by atoms with Crippen LogP contribution < -0.4 is 10.0 Å². The zero-order chi connectivity index (χ0) is 21.0. The van der Waals surface area contributed by atoms with Gasteiger partial charge in [0.2, 0.25) is 0 Å². The van der Waals surface area contributed by atoms with Crippen LogP contribution in [-0.4, -0.2) is 14.3 Å². The summed E-state index contributed by atoms with van der Waals surface area (Å²) in [6, 6.07) is 20.3. The van der Waals surface area contributed by atoms with Crippen molar-refractivity contribution in [2.45, 2.75) is 24.8 Å². The molecule has 3 rings (SSSR count). The fraction of sp³-hybridized carbons (Fsp3) is 0.136. The number of benzene rings is 3. The van der Waals surface area contributed by atoms with Gasteiger partial charge in [-0.25, -0.2) is 8.42 Å². The van der Waals surface area contributed by atoms with E-state index in [1.165, 1.54) is 30.3 Å². The number of hydrogen-bond acceptors (Lipinski definition) is 3. The Labute approximate surface area is 175 Å². The van der Waals surface area contributed by atoms with Crippen molar-refractivity contribution in [3.63, 3.8) is 0 Å². The van der Waals surface area contributed by atoms with Gasteiger partial charge in [-0.2, -0.15) is 0 Å². The lowest BCUT2D eigenvalue weighted by Crippen LogP contribution is -2.26. The van der Waals surface area contributed by atoms with Crippen LogP contribution in [-0.2, 0) is 10.0 Å². The molecule has 2 N–H and O–H groups in total. The molecular weight excluding hydrogens is 408 g/mol. The molecule has 1 amide bonds. The number of rotatable bonds is 6. The van der Waals surface area contributed by atoms with Crippen LogP contribution in [0.5, 0.6) is 0 Å². The maximum Gasteiger partial charge on any atom is 0.261 e. The molecule has 3 aromatic carbocycles. The lowest BCUT2D eigenvalue weighted by atomic mass is 10.1. The summed E-state index contributed by atoms with van der Waals surface area (Å²) >= 11 is 6.25. The molecule has 0 radical (unpaired) electrons. The summed E-state index contributed by atoms with van der Waals surface area (Å²) in [5.74, 6) is -0.334. The van der Waals surface area contributed by atoms with Crippen LogP contribution in [0.1, 0.15) is 34.5 Å². The molecule has 0 bridgehead atoms. The number of hydrogen-bond donors (Lipinski definition) is 2. The maximum absolute atomic E-state index is 12.6. The van der Waals surface area contributed by atoms with E-state index in [-0.39, 0.29) is 33.1 Å². The highest BCUT2D eigenvalue weighted by molar-refractivity contribution is 7.92. The molecule has 7 heteroatoms. The summed E-state index contributed by atoms with van der Waals surface area (Å²) in [7, 11) is -3.74. The minimum absolute atomic E-state index is 0.151. The van der Waals surface area contributed by atoms with Crippen LogP contribution in [0.15, 0.2) is 77.7 Å². The summed E-state index contributed by atoms with van der Waals surface area (Å²) in [6.45, 7) is 3.76. The second-order valence-corrected chi connectivity index (χ2v) is 8.81. The molecule has 3 aromatic rings. The lowest BCUT2D eigenvalue weighted by molar-refractivity contribution is 0.0940. The van der Waals surface area contributed by atoms with E-state index in [1.54, 1.807) is 12.1 Å². The molecule has 29 heavy (non-hydrogen) atoms. The average Bonchev–Trinajstić information content (AvgIpc) is 2.68. The molecule has 0 aliphatic carbocycles. The van der Waals surface area contributed by atoms with Crippen molar-refractivity contribution < 1.29 is 13.2 Å². The van der Waals surface area contributed by atoms with Crippen LogP contribution in [0, 0.1) is 6.92 Å². The minimum Gasteiger partial charge on any atom is -0.345 e. The lowest BCUT2D eigenvalue weighted by Gasteiger charge is -2.15. The van der Waals surface area contributed by atoms with E-state index in [4.69, 9.17) is 11.6 Å². The normalized spacial score (nSPS) is 12.2. The molecule has 0 aliphatic heterocycles. The largest absolute Gasteiger partial charge is 0.345 e. The van der Waals surface area contributed by atoms with Gasteiger partial charge >= 0.3 is 0 Å². The molecule has 0 fully saturated rings. The first-order valence-electron chi connectivity index (χ1n) is 9.01. The predicted molar refractivity (Wildman–Crippen MR) is 116 cm³/mol. The van der Waals surface area contributed by atoms with E-state index in [1.807, 2.05) is 44.2 Å². The topological polar surface area (TPSA) is 75.3 Å². The van der Waals surface area contributed by atoms with E-state index in [0.717, 1.165) is 11.1 Å². The van der Waals surface area contributed by atoms with Crippen molar-refractivity contribution >= 4 is 33.2 Å². The van der Waals surface area contributed by atoms with E-state index in [2.05, 4.69) is 10.0 Å². The molecule has 1 atom stereocenters. The van der Waals surface area contributed by atoms with Crippen LogP contribution in [0.3, 0.4) is 0 Å². The number of sulfonamides is 1. The van der Waals surface area contributed by atoms with Crippen molar-refractivity contribution in [3.8, 4) is 0 Å². The molecule has 0 unspecified atom stereocenters. The molecular formula is C22H21ClN2O3S. The minimum atomic E-state index is -3.74. The number of aryl methyl sites for hydroxylation is 1. The van der Waals surface area contributed by atoms with E-state index >= 15 is 0 Å². The van der Waals surface area contributed by atoms with Crippen LogP contribution in [0.25, 0.3) is 0 Å². The zero-order valence-electron chi connectivity index (χ0n) is 16.0. The van der Waals surface area contributed by atoms with E-state index in [0.29, 0.717) is 0 Å². The van der Waals surface area contributed by atoms with Gasteiger partial charge in [0.1, 0.15) is 0 Å². The van der Waals surface area contributed by atoms with Gasteiger partial charge < -0.3 is 5.32 Å². The standard InChI is InChI=1S/C22H21ClN2O3S/c1-15-8-11-19(12-9-15)29(27,28)25-18-10-13-20(21(23)14-18)22(26)24-16(2)17-6-4-3-5-7-17/h3-14,16,25H,1-2H3,(H,24,26)/t16-/m0/s1. The summed E-state index contributed by atoms with van der Waals surface area (Å²) in [6.07, 6.45) is 0. The third-order valence-electron chi connectivity index (χ3n) is 4.44. The second-order valence-electron chi connectivity index (χ2n) is 6.72. The Morgan fingerprint density at radius 1 is 0.966 bits per heavy atom. The van der Waals surface area contributed by atoms with Gasteiger partial charge in [0.05, 0.1) is 27.2 Å². The summed E-state index contributed by atoms with van der Waals surface area (Å²) in [4.78, 5) is 12.7. The van der Waals surface area contributed by atoms with Crippen molar-refractivity contribution in [2.24, 2.45) is 0 Å². The van der Waals surface area contributed by atoms with E-state index in [9.17, 15) is 13.2 Å². The van der Waals surface area contributed by atoms with Crippen molar-refractivity contribution in [3.05, 3.63) is 94.5 Å². The number of halogens is 1. The SMILES string of the molecule is Cc1ccc(S(=O)(=O)Nc2ccc(C(=O)N[C@@H](C)c3ccccc3)c(Cl)c2)cc1. The number of nitrogens with one attached hydrogen (secondary N) is 2. The Morgan fingerprint density at radius 2 is 1.62 bits per heavy atom. The molecule has 0 aromatic heterocycles. The van der Waals surface area contributed by atoms with Crippen molar-refractivity contribution in [1.29, 1.82) is 0 Å². The smallest absolute Gasteiger partial charge is 0.261 e. The third kappa shape index (κ3) is 5.16. The average molecular weight is 429 g/mol. The number of amides is 1. The van der Waals surface area contributed by atoms with Crippen LogP contribution in [0.2, 0.25) is 5.02 Å². The molecule has 0 saturated carbocycles. The highest BCUT2D eigenvalue weighted by atomic mass is 35.5. The van der Waals surface area contributed by atoms with Gasteiger partial charge in [0.25, 0.3) is 15.9 Å². The van der Waals surface area contributed by atoms with Crippen LogP contribution >= 0.6 is 11.6 Å². The Balaban J connectivity index is 1.74. The second kappa shape index (κ2) is 8.68.